The molecule has 0 radical (unpaired) electrons. The highest BCUT2D eigenvalue weighted by atomic mass is 16.5. The van der Waals surface area contributed by atoms with Gasteiger partial charge in [0.2, 0.25) is 0 Å². The maximum absolute atomic E-state index is 6.40. The molecular formula is C30H36N6O. The van der Waals surface area contributed by atoms with Gasteiger partial charge in [0.05, 0.1) is 0 Å². The second-order valence-corrected chi connectivity index (χ2v) is 10.6. The van der Waals surface area contributed by atoms with E-state index in [0.717, 1.165) is 40.0 Å². The molecule has 1 saturated carbocycles. The Balaban J connectivity index is 1.20. The second kappa shape index (κ2) is 10.5. The van der Waals surface area contributed by atoms with Crippen LogP contribution in [0.15, 0.2) is 67.0 Å². The molecule has 1 aliphatic carbocycles. The predicted molar refractivity (Wildman–Crippen MR) is 148 cm³/mol. The predicted octanol–water partition coefficient (Wildman–Crippen LogP) is 5.29. The molecule has 2 aliphatic rings. The van der Waals surface area contributed by atoms with E-state index in [9.17, 15) is 0 Å². The largest absolute Gasteiger partial charge is 0.457 e. The molecule has 2 N–H and O–H groups in total. The van der Waals surface area contributed by atoms with Crippen molar-refractivity contribution in [2.45, 2.75) is 31.6 Å². The number of piperazine rings is 1. The van der Waals surface area contributed by atoms with Gasteiger partial charge in [-0.1, -0.05) is 18.2 Å². The third kappa shape index (κ3) is 5.20. The molecule has 7 heteroatoms. The van der Waals surface area contributed by atoms with Crippen LogP contribution in [0.4, 0.5) is 5.82 Å². The van der Waals surface area contributed by atoms with Gasteiger partial charge in [-0.2, -0.15) is 0 Å². The molecule has 0 bridgehead atoms. The fourth-order valence-electron chi connectivity index (χ4n) is 5.88. The van der Waals surface area contributed by atoms with Gasteiger partial charge in [-0.3, -0.25) is 4.40 Å². The van der Waals surface area contributed by atoms with E-state index in [1.54, 1.807) is 6.20 Å². The highest BCUT2D eigenvalue weighted by Crippen LogP contribution is 2.39. The molecule has 4 aromatic rings. The van der Waals surface area contributed by atoms with Crippen molar-refractivity contribution >= 4 is 11.3 Å². The summed E-state index contributed by atoms with van der Waals surface area (Å²) in [5.74, 6) is 4.47. The van der Waals surface area contributed by atoms with E-state index in [1.165, 1.54) is 58.4 Å². The molecule has 3 heterocycles. The van der Waals surface area contributed by atoms with E-state index in [2.05, 4.69) is 38.4 Å². The molecule has 1 aliphatic heterocycles. The molecule has 2 fully saturated rings. The van der Waals surface area contributed by atoms with E-state index < -0.39 is 0 Å². The molecule has 37 heavy (non-hydrogen) atoms. The highest BCUT2D eigenvalue weighted by Gasteiger charge is 2.29. The number of imidazole rings is 1. The Labute approximate surface area is 218 Å². The molecule has 1 saturated heterocycles. The quantitative estimate of drug-likeness (QED) is 0.391. The Morgan fingerprint density at radius 3 is 2.32 bits per heavy atom. The van der Waals surface area contributed by atoms with Gasteiger partial charge in [0.1, 0.15) is 34.4 Å². The smallest absolute Gasteiger partial charge is 0.150 e. The van der Waals surface area contributed by atoms with Crippen LogP contribution in [-0.2, 0) is 0 Å². The first-order valence-corrected chi connectivity index (χ1v) is 13.5. The van der Waals surface area contributed by atoms with Crippen molar-refractivity contribution in [2.24, 2.45) is 5.92 Å². The monoisotopic (exact) mass is 496 g/mol. The van der Waals surface area contributed by atoms with Crippen molar-refractivity contribution in [3.8, 4) is 22.8 Å². The van der Waals surface area contributed by atoms with Crippen molar-refractivity contribution in [2.75, 3.05) is 45.5 Å². The molecular weight excluding hydrogens is 460 g/mol. The third-order valence-electron chi connectivity index (χ3n) is 8.04. The highest BCUT2D eigenvalue weighted by molar-refractivity contribution is 5.85. The van der Waals surface area contributed by atoms with E-state index in [4.69, 9.17) is 15.5 Å². The summed E-state index contributed by atoms with van der Waals surface area (Å²) in [7, 11) is 2.22. The van der Waals surface area contributed by atoms with Gasteiger partial charge in [0.15, 0.2) is 0 Å². The van der Waals surface area contributed by atoms with Crippen LogP contribution >= 0.6 is 0 Å². The van der Waals surface area contributed by atoms with Crippen LogP contribution in [0.2, 0.25) is 0 Å². The minimum absolute atomic E-state index is 0.437. The molecule has 192 valence electrons. The minimum atomic E-state index is 0.437. The first kappa shape index (κ1) is 23.9. The molecule has 0 atom stereocenters. The lowest BCUT2D eigenvalue weighted by atomic mass is 9.81. The normalized spacial score (nSPS) is 21.3. The molecule has 2 aromatic heterocycles. The number of hydrogen-bond acceptors (Lipinski definition) is 6. The number of rotatable bonds is 6. The van der Waals surface area contributed by atoms with Crippen molar-refractivity contribution in [1.82, 2.24) is 24.2 Å². The summed E-state index contributed by atoms with van der Waals surface area (Å²) >= 11 is 0. The van der Waals surface area contributed by atoms with E-state index in [0.29, 0.717) is 11.7 Å². The number of ether oxygens (including phenoxy) is 1. The summed E-state index contributed by atoms with van der Waals surface area (Å²) in [5, 5.41) is 0. The van der Waals surface area contributed by atoms with Gasteiger partial charge in [-0.05, 0) is 75.0 Å². The minimum Gasteiger partial charge on any atom is -0.457 e. The van der Waals surface area contributed by atoms with Gasteiger partial charge in [-0.15, -0.1) is 0 Å². The summed E-state index contributed by atoms with van der Waals surface area (Å²) in [6, 6.07) is 17.9. The fourth-order valence-corrected chi connectivity index (χ4v) is 5.88. The fraction of sp³-hybridized carbons (Fsp3) is 0.400. The Kier molecular flexibility index (Phi) is 6.81. The number of nitrogens with zero attached hydrogens (tertiary/aromatic N) is 5. The topological polar surface area (TPSA) is 71.9 Å². The maximum atomic E-state index is 6.40. The molecule has 7 nitrogen and oxygen atoms in total. The zero-order chi connectivity index (χ0) is 25.2. The van der Waals surface area contributed by atoms with E-state index >= 15 is 0 Å². The number of benzene rings is 2. The Morgan fingerprint density at radius 1 is 0.892 bits per heavy atom. The van der Waals surface area contributed by atoms with Gasteiger partial charge in [0, 0.05) is 56.6 Å². The average molecular weight is 497 g/mol. The number of nitrogen functional groups attached to an aromatic ring is 1. The number of hydrogen-bond donors (Lipinski definition) is 1. The number of nitrogens with two attached hydrogens (primary N) is 1. The maximum Gasteiger partial charge on any atom is 0.150 e. The second-order valence-electron chi connectivity index (χ2n) is 10.6. The van der Waals surface area contributed by atoms with Crippen LogP contribution in [0.1, 0.15) is 37.4 Å². The van der Waals surface area contributed by atoms with Crippen LogP contribution in [-0.4, -0.2) is 63.9 Å². The summed E-state index contributed by atoms with van der Waals surface area (Å²) in [5.41, 5.74) is 9.21. The van der Waals surface area contributed by atoms with Gasteiger partial charge in [-0.25, -0.2) is 9.97 Å². The van der Waals surface area contributed by atoms with Crippen LogP contribution in [0.5, 0.6) is 11.5 Å². The number of fused-ring (bicyclic) bond motifs is 1. The number of anilines is 1. The van der Waals surface area contributed by atoms with Crippen LogP contribution in [0.25, 0.3) is 16.8 Å². The molecule has 0 spiro atoms. The zero-order valence-corrected chi connectivity index (χ0v) is 21.6. The molecule has 2 aromatic carbocycles. The molecule has 6 rings (SSSR count). The summed E-state index contributed by atoms with van der Waals surface area (Å²) < 4.78 is 8.16. The van der Waals surface area contributed by atoms with E-state index in [-0.39, 0.29) is 0 Å². The van der Waals surface area contributed by atoms with Crippen LogP contribution < -0.4 is 10.5 Å². The lowest BCUT2D eigenvalue weighted by Crippen LogP contribution is -2.46. The van der Waals surface area contributed by atoms with Crippen LogP contribution in [0.3, 0.4) is 0 Å². The lowest BCUT2D eigenvalue weighted by Gasteiger charge is -2.36. The van der Waals surface area contributed by atoms with Gasteiger partial charge < -0.3 is 20.3 Å². The van der Waals surface area contributed by atoms with Crippen molar-refractivity contribution in [3.05, 3.63) is 72.8 Å². The Hall–Kier alpha value is -3.42. The Morgan fingerprint density at radius 2 is 1.59 bits per heavy atom. The standard InChI is InChI=1S/C30H36N6O/c1-34-17-19-35(20-18-34)21-22-7-9-24(10-8-22)30-33-27(28-29(31)32-15-16-36(28)30)23-11-13-26(14-12-23)37-25-5-3-2-4-6-25/h2-6,11-16,22,24H,7-10,17-21H2,1H3,(H2,31,32)/t22-,24-. The lowest BCUT2D eigenvalue weighted by molar-refractivity contribution is 0.123. The summed E-state index contributed by atoms with van der Waals surface area (Å²) in [6.07, 6.45) is 8.65. The van der Waals surface area contributed by atoms with Gasteiger partial charge in [0.25, 0.3) is 0 Å². The van der Waals surface area contributed by atoms with E-state index in [1.807, 2.05) is 48.7 Å². The number of likely N-dealkylation sites (N-methyl/N-ethyl adjacent to an activating group) is 1. The number of para-hydroxylation sites is 1. The summed E-state index contributed by atoms with van der Waals surface area (Å²) in [6.45, 7) is 6.01. The SMILES string of the molecule is CN1CCN(C[C@H]2CC[C@H](c3nc(-c4ccc(Oc5ccccc5)cc4)c4c(N)nccn43)CC2)CC1. The molecule has 0 amide bonds. The van der Waals surface area contributed by atoms with Crippen molar-refractivity contribution in [3.63, 3.8) is 0 Å². The Bertz CT molecular complexity index is 1320. The first-order chi connectivity index (χ1) is 18.1. The average Bonchev–Trinajstić information content (AvgIpc) is 3.32. The first-order valence-electron chi connectivity index (χ1n) is 13.5. The summed E-state index contributed by atoms with van der Waals surface area (Å²) in [4.78, 5) is 14.7. The van der Waals surface area contributed by atoms with Gasteiger partial charge >= 0.3 is 0 Å². The van der Waals surface area contributed by atoms with Crippen molar-refractivity contribution < 1.29 is 4.74 Å². The third-order valence-corrected chi connectivity index (χ3v) is 8.04. The van der Waals surface area contributed by atoms with Crippen LogP contribution in [0, 0.1) is 5.92 Å². The zero-order valence-electron chi connectivity index (χ0n) is 21.6. The molecule has 0 unspecified atom stereocenters. The number of aromatic nitrogens is 3. The van der Waals surface area contributed by atoms with Crippen molar-refractivity contribution in [1.29, 1.82) is 0 Å².